The fourth-order valence-corrected chi connectivity index (χ4v) is 3.31. The normalized spacial score (nSPS) is 11.5. The van der Waals surface area contributed by atoms with Gasteiger partial charge in [0.15, 0.2) is 11.6 Å². The Bertz CT molecular complexity index is 792. The minimum absolute atomic E-state index is 0.00340. The van der Waals surface area contributed by atoms with Crippen LogP contribution in [0.1, 0.15) is 5.56 Å². The zero-order valence-electron chi connectivity index (χ0n) is 13.1. The molecule has 0 aliphatic carbocycles. The van der Waals surface area contributed by atoms with Crippen LogP contribution in [0.4, 0.5) is 4.39 Å². The van der Waals surface area contributed by atoms with Crippen molar-refractivity contribution >= 4 is 10.0 Å². The van der Waals surface area contributed by atoms with E-state index in [1.807, 2.05) is 0 Å². The number of sulfonamides is 1. The Labute approximate surface area is 135 Å². The number of ether oxygens (including phenoxy) is 2. The van der Waals surface area contributed by atoms with Gasteiger partial charge in [-0.3, -0.25) is 0 Å². The lowest BCUT2D eigenvalue weighted by molar-refractivity contribution is 0.385. The summed E-state index contributed by atoms with van der Waals surface area (Å²) in [5.41, 5.74) is 0.718. The molecular formula is C16H18FNO4S. The lowest BCUT2D eigenvalue weighted by atomic mass is 10.2. The molecule has 5 nitrogen and oxygen atoms in total. The van der Waals surface area contributed by atoms with E-state index in [-0.39, 0.29) is 17.2 Å². The minimum atomic E-state index is -3.83. The van der Waals surface area contributed by atoms with Crippen LogP contribution in [0.25, 0.3) is 0 Å². The Morgan fingerprint density at radius 2 is 1.70 bits per heavy atom. The SMILES string of the molecule is COc1ccc(S(=O)(=O)N(C)Cc2ccccc2OC)cc1F. The third-order valence-electron chi connectivity index (χ3n) is 3.42. The number of nitrogens with zero attached hydrogens (tertiary/aromatic N) is 1. The molecule has 0 radical (unpaired) electrons. The molecule has 0 N–H and O–H groups in total. The summed E-state index contributed by atoms with van der Waals surface area (Å²) in [5, 5.41) is 0. The predicted octanol–water partition coefficient (Wildman–Crippen LogP) is 2.66. The van der Waals surface area contributed by atoms with Crippen molar-refractivity contribution in [3.05, 3.63) is 53.8 Å². The first-order valence-electron chi connectivity index (χ1n) is 6.82. The van der Waals surface area contributed by atoms with Gasteiger partial charge >= 0.3 is 0 Å². The molecule has 0 amide bonds. The van der Waals surface area contributed by atoms with Crippen LogP contribution in [-0.4, -0.2) is 34.0 Å². The first kappa shape index (κ1) is 17.2. The van der Waals surface area contributed by atoms with E-state index < -0.39 is 15.8 Å². The van der Waals surface area contributed by atoms with Gasteiger partial charge in [-0.2, -0.15) is 4.31 Å². The van der Waals surface area contributed by atoms with Crippen molar-refractivity contribution in [1.82, 2.24) is 4.31 Å². The van der Waals surface area contributed by atoms with Gasteiger partial charge in [-0.15, -0.1) is 0 Å². The van der Waals surface area contributed by atoms with E-state index in [2.05, 4.69) is 0 Å². The molecule has 2 aromatic carbocycles. The van der Waals surface area contributed by atoms with E-state index in [9.17, 15) is 12.8 Å². The maximum Gasteiger partial charge on any atom is 0.243 e. The Morgan fingerprint density at radius 1 is 1.04 bits per heavy atom. The molecular weight excluding hydrogens is 321 g/mol. The van der Waals surface area contributed by atoms with Crippen molar-refractivity contribution in [2.45, 2.75) is 11.4 Å². The van der Waals surface area contributed by atoms with Gasteiger partial charge in [0.1, 0.15) is 5.75 Å². The van der Waals surface area contributed by atoms with E-state index in [0.29, 0.717) is 5.75 Å². The lowest BCUT2D eigenvalue weighted by Gasteiger charge is -2.19. The number of halogens is 1. The Kier molecular flexibility index (Phi) is 5.23. The zero-order chi connectivity index (χ0) is 17.0. The molecule has 2 aromatic rings. The van der Waals surface area contributed by atoms with Crippen molar-refractivity contribution in [2.75, 3.05) is 21.3 Å². The van der Waals surface area contributed by atoms with E-state index >= 15 is 0 Å². The maximum atomic E-state index is 13.8. The number of hydrogen-bond donors (Lipinski definition) is 0. The topological polar surface area (TPSA) is 55.8 Å². The molecule has 0 saturated carbocycles. The standard InChI is InChI=1S/C16H18FNO4S/c1-18(11-12-6-4-5-7-15(12)21-2)23(19,20)13-8-9-16(22-3)14(17)10-13/h4-10H,11H2,1-3H3. The van der Waals surface area contributed by atoms with Crippen LogP contribution in [0.5, 0.6) is 11.5 Å². The first-order chi connectivity index (χ1) is 10.9. The molecule has 2 rings (SSSR count). The van der Waals surface area contributed by atoms with Crippen molar-refractivity contribution in [3.63, 3.8) is 0 Å². The summed E-state index contributed by atoms with van der Waals surface area (Å²) in [4.78, 5) is -0.131. The summed E-state index contributed by atoms with van der Waals surface area (Å²) < 4.78 is 50.1. The van der Waals surface area contributed by atoms with Crippen molar-refractivity contribution < 1.29 is 22.3 Å². The molecule has 0 aliphatic rings. The number of benzene rings is 2. The predicted molar refractivity (Wildman–Crippen MR) is 84.6 cm³/mol. The zero-order valence-corrected chi connectivity index (χ0v) is 13.9. The molecule has 0 heterocycles. The smallest absolute Gasteiger partial charge is 0.243 e. The second kappa shape index (κ2) is 6.97. The third kappa shape index (κ3) is 3.62. The van der Waals surface area contributed by atoms with E-state index in [4.69, 9.17) is 9.47 Å². The number of methoxy groups -OCH3 is 2. The van der Waals surface area contributed by atoms with Gasteiger partial charge in [0.25, 0.3) is 0 Å². The number of para-hydroxylation sites is 1. The van der Waals surface area contributed by atoms with Crippen LogP contribution in [0.15, 0.2) is 47.4 Å². The van der Waals surface area contributed by atoms with Crippen LogP contribution >= 0.6 is 0 Å². The van der Waals surface area contributed by atoms with Gasteiger partial charge < -0.3 is 9.47 Å². The summed E-state index contributed by atoms with van der Waals surface area (Å²) in [6, 6.07) is 10.7. The highest BCUT2D eigenvalue weighted by molar-refractivity contribution is 7.89. The fraction of sp³-hybridized carbons (Fsp3) is 0.250. The highest BCUT2D eigenvalue weighted by Gasteiger charge is 2.23. The van der Waals surface area contributed by atoms with Gasteiger partial charge in [-0.1, -0.05) is 18.2 Å². The maximum absolute atomic E-state index is 13.8. The average molecular weight is 339 g/mol. The van der Waals surface area contributed by atoms with Crippen LogP contribution in [0.2, 0.25) is 0 Å². The lowest BCUT2D eigenvalue weighted by Crippen LogP contribution is -2.26. The summed E-state index contributed by atoms with van der Waals surface area (Å²) in [6.07, 6.45) is 0. The van der Waals surface area contributed by atoms with Crippen LogP contribution in [0, 0.1) is 5.82 Å². The first-order valence-corrected chi connectivity index (χ1v) is 8.26. The van der Waals surface area contributed by atoms with Crippen LogP contribution in [-0.2, 0) is 16.6 Å². The second-order valence-electron chi connectivity index (χ2n) is 4.87. The second-order valence-corrected chi connectivity index (χ2v) is 6.91. The van der Waals surface area contributed by atoms with Crippen molar-refractivity contribution in [3.8, 4) is 11.5 Å². The highest BCUT2D eigenvalue weighted by atomic mass is 32.2. The molecule has 23 heavy (non-hydrogen) atoms. The van der Waals surface area contributed by atoms with Crippen molar-refractivity contribution in [1.29, 1.82) is 0 Å². The van der Waals surface area contributed by atoms with E-state index in [0.717, 1.165) is 15.9 Å². The van der Waals surface area contributed by atoms with Gasteiger partial charge in [0.2, 0.25) is 10.0 Å². The molecule has 7 heteroatoms. The van der Waals surface area contributed by atoms with Crippen LogP contribution in [0.3, 0.4) is 0 Å². The summed E-state index contributed by atoms with van der Waals surface area (Å²) >= 11 is 0. The van der Waals surface area contributed by atoms with Crippen LogP contribution < -0.4 is 9.47 Å². The Hall–Kier alpha value is -2.12. The number of hydrogen-bond acceptors (Lipinski definition) is 4. The molecule has 124 valence electrons. The minimum Gasteiger partial charge on any atom is -0.496 e. The molecule has 0 unspecified atom stereocenters. The molecule has 0 aromatic heterocycles. The quantitative estimate of drug-likeness (QED) is 0.812. The third-order valence-corrected chi connectivity index (χ3v) is 5.22. The monoisotopic (exact) mass is 339 g/mol. The largest absolute Gasteiger partial charge is 0.496 e. The highest BCUT2D eigenvalue weighted by Crippen LogP contribution is 2.25. The molecule has 0 bridgehead atoms. The average Bonchev–Trinajstić information content (AvgIpc) is 2.55. The van der Waals surface area contributed by atoms with E-state index in [1.54, 1.807) is 24.3 Å². The Morgan fingerprint density at radius 3 is 2.30 bits per heavy atom. The number of rotatable bonds is 6. The fourth-order valence-electron chi connectivity index (χ4n) is 2.15. The molecule has 0 saturated heterocycles. The summed E-state index contributed by atoms with van der Waals surface area (Å²) in [6.45, 7) is 0.111. The molecule has 0 spiro atoms. The van der Waals surface area contributed by atoms with Gasteiger partial charge in [0.05, 0.1) is 19.1 Å². The van der Waals surface area contributed by atoms with E-state index in [1.165, 1.54) is 33.4 Å². The summed E-state index contributed by atoms with van der Waals surface area (Å²) in [7, 11) is 0.447. The molecule has 0 aliphatic heterocycles. The van der Waals surface area contributed by atoms with Crippen molar-refractivity contribution in [2.24, 2.45) is 0 Å². The molecule has 0 atom stereocenters. The van der Waals surface area contributed by atoms with Gasteiger partial charge in [-0.05, 0) is 24.3 Å². The van der Waals surface area contributed by atoms with Gasteiger partial charge in [0, 0.05) is 19.2 Å². The summed E-state index contributed by atoms with van der Waals surface area (Å²) in [5.74, 6) is -0.133. The molecule has 0 fully saturated rings. The Balaban J connectivity index is 2.30. The van der Waals surface area contributed by atoms with Gasteiger partial charge in [-0.25, -0.2) is 12.8 Å².